The van der Waals surface area contributed by atoms with E-state index in [1.165, 1.54) is 0 Å². The summed E-state index contributed by atoms with van der Waals surface area (Å²) < 4.78 is 10.9. The fourth-order valence-corrected chi connectivity index (χ4v) is 3.15. The van der Waals surface area contributed by atoms with Gasteiger partial charge in [-0.1, -0.05) is 5.06 Å². The van der Waals surface area contributed by atoms with Crippen molar-refractivity contribution in [2.75, 3.05) is 6.61 Å². The molecule has 20 heavy (non-hydrogen) atoms. The summed E-state index contributed by atoms with van der Waals surface area (Å²) in [7, 11) is 0. The number of ether oxygens (including phenoxy) is 2. The van der Waals surface area contributed by atoms with Gasteiger partial charge in [-0.15, -0.1) is 0 Å². The van der Waals surface area contributed by atoms with E-state index in [9.17, 15) is 14.4 Å². The summed E-state index contributed by atoms with van der Waals surface area (Å²) in [5.41, 5.74) is -0.149. The van der Waals surface area contributed by atoms with Crippen LogP contribution in [0.3, 0.4) is 0 Å². The van der Waals surface area contributed by atoms with Crippen LogP contribution in [0, 0.1) is 0 Å². The fraction of sp³-hybridized carbons (Fsp3) is 0.769. The third-order valence-electron chi connectivity index (χ3n) is 4.14. The van der Waals surface area contributed by atoms with E-state index in [0.717, 1.165) is 32.3 Å². The van der Waals surface area contributed by atoms with Crippen molar-refractivity contribution in [1.29, 1.82) is 0 Å². The highest BCUT2D eigenvalue weighted by atomic mass is 16.8. The molecule has 0 aromatic heterocycles. The standard InChI is InChI=1S/C13H17NO6/c15-10-2-3-11(16)14(10)20-12(17)19-9-4-6-13(8-9)5-1-7-18-13/h9H,1-8H2/t9-,13+/m0/s1. The largest absolute Gasteiger partial charge is 0.534 e. The van der Waals surface area contributed by atoms with Crippen molar-refractivity contribution in [3.63, 3.8) is 0 Å². The fourth-order valence-electron chi connectivity index (χ4n) is 3.15. The lowest BCUT2D eigenvalue weighted by atomic mass is 9.99. The third-order valence-corrected chi connectivity index (χ3v) is 4.14. The number of hydrogen-bond donors (Lipinski definition) is 0. The molecular formula is C13H17NO6. The Bertz CT molecular complexity index is 426. The zero-order valence-electron chi connectivity index (χ0n) is 11.1. The Morgan fingerprint density at radius 3 is 2.65 bits per heavy atom. The van der Waals surface area contributed by atoms with Crippen LogP contribution in [-0.4, -0.2) is 41.3 Å². The van der Waals surface area contributed by atoms with Crippen LogP contribution in [0.1, 0.15) is 44.9 Å². The molecule has 3 aliphatic rings. The monoisotopic (exact) mass is 283 g/mol. The first-order valence-electron chi connectivity index (χ1n) is 6.96. The second-order valence-corrected chi connectivity index (χ2v) is 5.54. The molecule has 110 valence electrons. The average Bonchev–Trinajstić information content (AvgIpc) is 3.10. The number of nitrogens with zero attached hydrogens (tertiary/aromatic N) is 1. The molecule has 3 rings (SSSR count). The van der Waals surface area contributed by atoms with Gasteiger partial charge < -0.3 is 9.47 Å². The molecule has 3 fully saturated rings. The first-order valence-corrected chi connectivity index (χ1v) is 6.96. The van der Waals surface area contributed by atoms with Crippen LogP contribution in [0.5, 0.6) is 0 Å². The molecule has 2 aliphatic heterocycles. The number of hydroxylamine groups is 2. The molecule has 0 unspecified atom stereocenters. The highest BCUT2D eigenvalue weighted by Gasteiger charge is 2.44. The Morgan fingerprint density at radius 1 is 1.25 bits per heavy atom. The number of carbonyl (C=O) groups is 3. The number of carbonyl (C=O) groups excluding carboxylic acids is 3. The van der Waals surface area contributed by atoms with E-state index in [2.05, 4.69) is 4.84 Å². The Labute approximate surface area is 116 Å². The minimum Gasteiger partial charge on any atom is -0.429 e. The number of hydrogen-bond acceptors (Lipinski definition) is 6. The lowest BCUT2D eigenvalue weighted by Gasteiger charge is -2.22. The first-order chi connectivity index (χ1) is 9.58. The lowest BCUT2D eigenvalue weighted by Crippen LogP contribution is -2.33. The van der Waals surface area contributed by atoms with E-state index in [1.54, 1.807) is 0 Å². The smallest absolute Gasteiger partial charge is 0.429 e. The number of amides is 2. The van der Waals surface area contributed by atoms with Crippen LogP contribution in [-0.2, 0) is 23.9 Å². The molecule has 2 saturated heterocycles. The highest BCUT2D eigenvalue weighted by Crippen LogP contribution is 2.42. The van der Waals surface area contributed by atoms with Gasteiger partial charge in [-0.2, -0.15) is 0 Å². The number of rotatable bonds is 2. The second kappa shape index (κ2) is 5.05. The molecule has 0 aromatic rings. The Balaban J connectivity index is 1.50. The van der Waals surface area contributed by atoms with Gasteiger partial charge in [0.1, 0.15) is 6.10 Å². The van der Waals surface area contributed by atoms with E-state index in [1.807, 2.05) is 0 Å². The molecule has 0 aromatic carbocycles. The van der Waals surface area contributed by atoms with Crippen LogP contribution in [0.15, 0.2) is 0 Å². The second-order valence-electron chi connectivity index (χ2n) is 5.54. The quantitative estimate of drug-likeness (QED) is 0.561. The molecule has 2 atom stereocenters. The molecule has 0 bridgehead atoms. The van der Waals surface area contributed by atoms with Crippen molar-refractivity contribution in [3.8, 4) is 0 Å². The third kappa shape index (κ3) is 2.49. The minimum atomic E-state index is -0.992. The zero-order valence-corrected chi connectivity index (χ0v) is 11.1. The van der Waals surface area contributed by atoms with Gasteiger partial charge in [0.05, 0.1) is 5.60 Å². The predicted octanol–water partition coefficient (Wildman–Crippen LogP) is 1.31. The van der Waals surface area contributed by atoms with Gasteiger partial charge in [0.2, 0.25) is 0 Å². The van der Waals surface area contributed by atoms with Gasteiger partial charge in [-0.25, -0.2) is 4.79 Å². The van der Waals surface area contributed by atoms with E-state index in [-0.39, 0.29) is 24.5 Å². The molecule has 2 amide bonds. The lowest BCUT2D eigenvalue weighted by molar-refractivity contribution is -0.178. The van der Waals surface area contributed by atoms with Gasteiger partial charge in [0, 0.05) is 25.9 Å². The Hall–Kier alpha value is -1.63. The maximum Gasteiger partial charge on any atom is 0.534 e. The molecule has 1 saturated carbocycles. The SMILES string of the molecule is O=C(O[C@H]1CC[C@]2(CCCO2)C1)ON1C(=O)CCC1=O. The topological polar surface area (TPSA) is 82.1 Å². The summed E-state index contributed by atoms with van der Waals surface area (Å²) in [5, 5.41) is 0.499. The van der Waals surface area contributed by atoms with E-state index in [0.29, 0.717) is 11.5 Å². The molecule has 0 N–H and O–H groups in total. The van der Waals surface area contributed by atoms with Crippen molar-refractivity contribution in [2.45, 2.75) is 56.7 Å². The summed E-state index contributed by atoms with van der Waals surface area (Å²) in [5.74, 6) is -1.01. The predicted molar refractivity (Wildman–Crippen MR) is 64.2 cm³/mol. The molecule has 2 heterocycles. The van der Waals surface area contributed by atoms with E-state index >= 15 is 0 Å². The maximum absolute atomic E-state index is 11.6. The van der Waals surface area contributed by atoms with Crippen molar-refractivity contribution < 1.29 is 28.7 Å². The minimum absolute atomic E-state index is 0.0759. The van der Waals surface area contributed by atoms with Crippen LogP contribution in [0.4, 0.5) is 4.79 Å². The van der Waals surface area contributed by atoms with Gasteiger partial charge in [-0.3, -0.25) is 14.4 Å². The maximum atomic E-state index is 11.6. The number of imide groups is 1. The van der Waals surface area contributed by atoms with E-state index < -0.39 is 18.0 Å². The van der Waals surface area contributed by atoms with Gasteiger partial charge in [0.25, 0.3) is 11.8 Å². The van der Waals surface area contributed by atoms with Crippen LogP contribution >= 0.6 is 0 Å². The average molecular weight is 283 g/mol. The highest BCUT2D eigenvalue weighted by molar-refractivity contribution is 6.01. The summed E-state index contributed by atoms with van der Waals surface area (Å²) in [6.07, 6.45) is 3.16. The van der Waals surface area contributed by atoms with Gasteiger partial charge in [0.15, 0.2) is 0 Å². The Morgan fingerprint density at radius 2 is 2.00 bits per heavy atom. The van der Waals surface area contributed by atoms with Crippen molar-refractivity contribution in [2.24, 2.45) is 0 Å². The molecule has 1 spiro atoms. The van der Waals surface area contributed by atoms with Gasteiger partial charge in [-0.05, 0) is 25.7 Å². The summed E-state index contributed by atoms with van der Waals surface area (Å²) in [6.45, 7) is 0.758. The van der Waals surface area contributed by atoms with Crippen LogP contribution in [0.2, 0.25) is 0 Å². The van der Waals surface area contributed by atoms with Crippen molar-refractivity contribution in [3.05, 3.63) is 0 Å². The van der Waals surface area contributed by atoms with Crippen LogP contribution in [0.25, 0.3) is 0 Å². The van der Waals surface area contributed by atoms with Gasteiger partial charge >= 0.3 is 6.16 Å². The molecule has 7 nitrogen and oxygen atoms in total. The molecule has 7 heteroatoms. The summed E-state index contributed by atoms with van der Waals surface area (Å²) in [4.78, 5) is 38.9. The summed E-state index contributed by atoms with van der Waals surface area (Å²) >= 11 is 0. The first kappa shape index (κ1) is 13.4. The molecule has 0 radical (unpaired) electrons. The van der Waals surface area contributed by atoms with Crippen molar-refractivity contribution in [1.82, 2.24) is 5.06 Å². The Kier molecular flexibility index (Phi) is 3.37. The molecular weight excluding hydrogens is 266 g/mol. The molecule has 1 aliphatic carbocycles. The zero-order chi connectivity index (χ0) is 14.2. The van der Waals surface area contributed by atoms with Crippen molar-refractivity contribution >= 4 is 18.0 Å². The van der Waals surface area contributed by atoms with Crippen LogP contribution < -0.4 is 0 Å². The normalized spacial score (nSPS) is 33.2. The summed E-state index contributed by atoms with van der Waals surface area (Å²) in [6, 6.07) is 0. The van der Waals surface area contributed by atoms with E-state index in [4.69, 9.17) is 9.47 Å².